The molecule has 2 N–H and O–H groups in total. The second-order valence-electron chi connectivity index (χ2n) is 2.80. The van der Waals surface area contributed by atoms with Crippen molar-refractivity contribution in [3.8, 4) is 11.3 Å². The number of rotatable bonds is 2. The van der Waals surface area contributed by atoms with Crippen LogP contribution in [-0.4, -0.2) is 15.3 Å². The maximum absolute atomic E-state index is 8.83. The van der Waals surface area contributed by atoms with Crippen molar-refractivity contribution in [3.05, 3.63) is 42.1 Å². The summed E-state index contributed by atoms with van der Waals surface area (Å²) in [6.07, 6.45) is 0. The van der Waals surface area contributed by atoms with Gasteiger partial charge in [-0.2, -0.15) is 5.10 Å². The summed E-state index contributed by atoms with van der Waals surface area (Å²) in [5, 5.41) is 15.7. The Morgan fingerprint density at radius 2 is 2.00 bits per heavy atom. The van der Waals surface area contributed by atoms with E-state index >= 15 is 0 Å². The first-order chi connectivity index (χ1) is 6.40. The normalized spacial score (nSPS) is 10.2. The van der Waals surface area contributed by atoms with Crippen LogP contribution in [0.25, 0.3) is 11.3 Å². The van der Waals surface area contributed by atoms with E-state index in [1.807, 2.05) is 36.4 Å². The molecule has 0 saturated heterocycles. The zero-order chi connectivity index (χ0) is 9.10. The number of nitrogens with zero attached hydrogens (tertiary/aromatic N) is 1. The van der Waals surface area contributed by atoms with Gasteiger partial charge >= 0.3 is 0 Å². The third-order valence-corrected chi connectivity index (χ3v) is 1.87. The van der Waals surface area contributed by atoms with Gasteiger partial charge in [0.2, 0.25) is 0 Å². The fraction of sp³-hybridized carbons (Fsp3) is 0.100. The number of nitrogens with one attached hydrogen (secondary N) is 1. The molecule has 0 atom stereocenters. The fourth-order valence-electron chi connectivity index (χ4n) is 1.20. The second kappa shape index (κ2) is 3.41. The zero-order valence-electron chi connectivity index (χ0n) is 7.07. The minimum atomic E-state index is -0.000165. The van der Waals surface area contributed by atoms with Gasteiger partial charge in [-0.25, -0.2) is 0 Å². The highest BCUT2D eigenvalue weighted by Gasteiger charge is 2.01. The molecule has 3 heteroatoms. The Morgan fingerprint density at radius 1 is 1.23 bits per heavy atom. The van der Waals surface area contributed by atoms with Crippen molar-refractivity contribution in [2.45, 2.75) is 6.61 Å². The Balaban J connectivity index is 2.36. The molecule has 0 amide bonds. The smallest absolute Gasteiger partial charge is 0.0924 e. The van der Waals surface area contributed by atoms with Crippen molar-refractivity contribution in [1.29, 1.82) is 0 Å². The van der Waals surface area contributed by atoms with Gasteiger partial charge in [0.05, 0.1) is 18.0 Å². The van der Waals surface area contributed by atoms with Crippen LogP contribution in [0.4, 0.5) is 0 Å². The molecular weight excluding hydrogens is 164 g/mol. The average Bonchev–Trinajstić information content (AvgIpc) is 2.67. The van der Waals surface area contributed by atoms with Crippen LogP contribution >= 0.6 is 0 Å². The summed E-state index contributed by atoms with van der Waals surface area (Å²) in [7, 11) is 0. The molecular formula is C10H10N2O. The maximum atomic E-state index is 8.83. The number of benzene rings is 1. The van der Waals surface area contributed by atoms with E-state index in [1.165, 1.54) is 0 Å². The molecule has 13 heavy (non-hydrogen) atoms. The number of H-pyrrole nitrogens is 1. The maximum Gasteiger partial charge on any atom is 0.0924 e. The van der Waals surface area contributed by atoms with E-state index in [4.69, 9.17) is 5.11 Å². The first-order valence-electron chi connectivity index (χ1n) is 4.11. The molecule has 1 aromatic heterocycles. The lowest BCUT2D eigenvalue weighted by Gasteiger charge is -1.92. The SMILES string of the molecule is OCc1cc(-c2ccccc2)n[nH]1. The van der Waals surface area contributed by atoms with Crippen LogP contribution in [0.2, 0.25) is 0 Å². The molecule has 0 bridgehead atoms. The number of aliphatic hydroxyl groups is 1. The van der Waals surface area contributed by atoms with Crippen LogP contribution in [-0.2, 0) is 6.61 Å². The molecule has 0 radical (unpaired) electrons. The van der Waals surface area contributed by atoms with E-state index < -0.39 is 0 Å². The van der Waals surface area contributed by atoms with Crippen LogP contribution in [0.1, 0.15) is 5.69 Å². The highest BCUT2D eigenvalue weighted by molar-refractivity contribution is 5.58. The quantitative estimate of drug-likeness (QED) is 0.726. The van der Waals surface area contributed by atoms with Gasteiger partial charge in [0, 0.05) is 5.56 Å². The van der Waals surface area contributed by atoms with E-state index in [-0.39, 0.29) is 6.61 Å². The van der Waals surface area contributed by atoms with Crippen LogP contribution in [0.5, 0.6) is 0 Å². The predicted octanol–water partition coefficient (Wildman–Crippen LogP) is 1.57. The highest BCUT2D eigenvalue weighted by atomic mass is 16.3. The molecule has 0 aliphatic rings. The second-order valence-corrected chi connectivity index (χ2v) is 2.80. The largest absolute Gasteiger partial charge is 0.390 e. The van der Waals surface area contributed by atoms with Gasteiger partial charge in [0.15, 0.2) is 0 Å². The summed E-state index contributed by atoms with van der Waals surface area (Å²) < 4.78 is 0. The predicted molar refractivity (Wildman–Crippen MR) is 49.9 cm³/mol. The van der Waals surface area contributed by atoms with Crippen LogP contribution < -0.4 is 0 Å². The third-order valence-electron chi connectivity index (χ3n) is 1.87. The Labute approximate surface area is 76.0 Å². The molecule has 0 unspecified atom stereocenters. The van der Waals surface area contributed by atoms with Gasteiger partial charge in [-0.3, -0.25) is 5.10 Å². The van der Waals surface area contributed by atoms with E-state index in [0.29, 0.717) is 0 Å². The third kappa shape index (κ3) is 1.60. The average molecular weight is 174 g/mol. The molecule has 0 fully saturated rings. The molecule has 66 valence electrons. The van der Waals surface area contributed by atoms with Crippen molar-refractivity contribution in [3.63, 3.8) is 0 Å². The lowest BCUT2D eigenvalue weighted by atomic mass is 10.1. The first-order valence-corrected chi connectivity index (χ1v) is 4.11. The summed E-state index contributed by atoms with van der Waals surface area (Å²) in [6.45, 7) is -0.000165. The molecule has 1 aromatic carbocycles. The lowest BCUT2D eigenvalue weighted by Crippen LogP contribution is -1.79. The van der Waals surface area contributed by atoms with E-state index in [0.717, 1.165) is 17.0 Å². The van der Waals surface area contributed by atoms with E-state index in [9.17, 15) is 0 Å². The Bertz CT molecular complexity index is 381. The molecule has 0 aliphatic heterocycles. The minimum Gasteiger partial charge on any atom is -0.390 e. The van der Waals surface area contributed by atoms with Crippen LogP contribution in [0, 0.1) is 0 Å². The van der Waals surface area contributed by atoms with Gasteiger partial charge in [0.1, 0.15) is 0 Å². The summed E-state index contributed by atoms with van der Waals surface area (Å²) in [5.74, 6) is 0. The summed E-state index contributed by atoms with van der Waals surface area (Å²) in [5.41, 5.74) is 2.65. The standard InChI is InChI=1S/C10H10N2O/c13-7-9-6-10(12-11-9)8-4-2-1-3-5-8/h1-6,13H,7H2,(H,11,12). The monoisotopic (exact) mass is 174 g/mol. The van der Waals surface area contributed by atoms with Crippen molar-refractivity contribution in [2.75, 3.05) is 0 Å². The Morgan fingerprint density at radius 3 is 2.62 bits per heavy atom. The number of hydrogen-bond donors (Lipinski definition) is 2. The summed E-state index contributed by atoms with van der Waals surface area (Å²) in [4.78, 5) is 0. The van der Waals surface area contributed by atoms with Gasteiger partial charge in [-0.15, -0.1) is 0 Å². The number of aromatic amines is 1. The molecule has 2 aromatic rings. The van der Waals surface area contributed by atoms with Gasteiger partial charge in [0.25, 0.3) is 0 Å². The van der Waals surface area contributed by atoms with E-state index in [2.05, 4.69) is 10.2 Å². The summed E-state index contributed by atoms with van der Waals surface area (Å²) >= 11 is 0. The first kappa shape index (κ1) is 8.01. The fourth-order valence-corrected chi connectivity index (χ4v) is 1.20. The highest BCUT2D eigenvalue weighted by Crippen LogP contribution is 2.16. The van der Waals surface area contributed by atoms with Crippen molar-refractivity contribution in [1.82, 2.24) is 10.2 Å². The zero-order valence-corrected chi connectivity index (χ0v) is 7.07. The molecule has 2 rings (SSSR count). The molecule has 0 aliphatic carbocycles. The Kier molecular flexibility index (Phi) is 2.10. The van der Waals surface area contributed by atoms with Gasteiger partial charge < -0.3 is 5.11 Å². The number of hydrogen-bond acceptors (Lipinski definition) is 2. The van der Waals surface area contributed by atoms with Crippen molar-refractivity contribution >= 4 is 0 Å². The van der Waals surface area contributed by atoms with E-state index in [1.54, 1.807) is 0 Å². The lowest BCUT2D eigenvalue weighted by molar-refractivity contribution is 0.276. The number of aromatic nitrogens is 2. The Hall–Kier alpha value is -1.61. The van der Waals surface area contributed by atoms with Gasteiger partial charge in [-0.05, 0) is 6.07 Å². The van der Waals surface area contributed by atoms with Crippen molar-refractivity contribution < 1.29 is 5.11 Å². The minimum absolute atomic E-state index is 0.000165. The molecule has 0 spiro atoms. The molecule has 1 heterocycles. The summed E-state index contributed by atoms with van der Waals surface area (Å²) in [6, 6.07) is 11.7. The van der Waals surface area contributed by atoms with Crippen molar-refractivity contribution in [2.24, 2.45) is 0 Å². The molecule has 3 nitrogen and oxygen atoms in total. The topological polar surface area (TPSA) is 48.9 Å². The van der Waals surface area contributed by atoms with Gasteiger partial charge in [-0.1, -0.05) is 30.3 Å². The van der Waals surface area contributed by atoms with Crippen LogP contribution in [0.3, 0.4) is 0 Å². The molecule has 0 saturated carbocycles. The number of aliphatic hydroxyl groups excluding tert-OH is 1. The van der Waals surface area contributed by atoms with Crippen LogP contribution in [0.15, 0.2) is 36.4 Å².